The summed E-state index contributed by atoms with van der Waals surface area (Å²) in [6.45, 7) is 5.62. The van der Waals surface area contributed by atoms with Crippen LogP contribution >= 0.6 is 0 Å². The van der Waals surface area contributed by atoms with Crippen LogP contribution in [0.4, 0.5) is 13.2 Å². The highest BCUT2D eigenvalue weighted by molar-refractivity contribution is 7.89. The third-order valence-electron chi connectivity index (χ3n) is 2.64. The largest absolute Gasteiger partial charge is 0.326 e. The summed E-state index contributed by atoms with van der Waals surface area (Å²) in [5.74, 6) is -4.15. The third kappa shape index (κ3) is 5.29. The number of nitrogens with two attached hydrogens (primary N) is 1. The number of nitrogens with one attached hydrogen (secondary N) is 1. The van der Waals surface area contributed by atoms with Gasteiger partial charge in [0.15, 0.2) is 4.90 Å². The van der Waals surface area contributed by atoms with Crippen LogP contribution in [0.25, 0.3) is 0 Å². The Labute approximate surface area is 122 Å². The minimum Gasteiger partial charge on any atom is -0.326 e. The van der Waals surface area contributed by atoms with Crippen LogP contribution in [0, 0.1) is 22.9 Å². The van der Waals surface area contributed by atoms with Gasteiger partial charge in [-0.15, -0.1) is 0 Å². The van der Waals surface area contributed by atoms with Crippen molar-refractivity contribution in [1.29, 1.82) is 0 Å². The molecule has 1 rings (SSSR count). The molecule has 0 aromatic heterocycles. The summed E-state index contributed by atoms with van der Waals surface area (Å²) in [5, 5.41) is 0. The van der Waals surface area contributed by atoms with Crippen LogP contribution in [0.1, 0.15) is 27.2 Å². The predicted molar refractivity (Wildman–Crippen MR) is 73.6 cm³/mol. The van der Waals surface area contributed by atoms with Crippen LogP contribution in [-0.2, 0) is 10.0 Å². The Hall–Kier alpha value is -1.12. The molecule has 3 N–H and O–H groups in total. The van der Waals surface area contributed by atoms with Gasteiger partial charge >= 0.3 is 0 Å². The SMILES string of the molecule is CC(C)(C)CC(N)CNS(=O)(=O)c1c(F)cc(F)cc1F. The van der Waals surface area contributed by atoms with E-state index in [2.05, 4.69) is 0 Å². The van der Waals surface area contributed by atoms with Crippen LogP contribution in [0.5, 0.6) is 0 Å². The van der Waals surface area contributed by atoms with Crippen molar-refractivity contribution in [2.75, 3.05) is 6.54 Å². The molecule has 0 bridgehead atoms. The number of hydrogen-bond donors (Lipinski definition) is 2. The molecule has 0 fully saturated rings. The zero-order chi connectivity index (χ0) is 16.4. The molecule has 0 aliphatic rings. The minimum absolute atomic E-state index is 0.114. The maximum absolute atomic E-state index is 13.5. The zero-order valence-electron chi connectivity index (χ0n) is 12.1. The lowest BCUT2D eigenvalue weighted by Gasteiger charge is -2.23. The topological polar surface area (TPSA) is 72.2 Å². The number of hydrogen-bond acceptors (Lipinski definition) is 3. The molecule has 1 unspecified atom stereocenters. The third-order valence-corrected chi connectivity index (χ3v) is 4.12. The van der Waals surface area contributed by atoms with E-state index in [4.69, 9.17) is 5.73 Å². The van der Waals surface area contributed by atoms with E-state index in [9.17, 15) is 21.6 Å². The molecule has 0 heterocycles. The smallest absolute Gasteiger partial charge is 0.246 e. The predicted octanol–water partition coefficient (Wildman–Crippen LogP) is 2.15. The molecular weight excluding hydrogens is 305 g/mol. The Bertz CT molecular complexity index is 589. The summed E-state index contributed by atoms with van der Waals surface area (Å²) in [5.41, 5.74) is 5.66. The van der Waals surface area contributed by atoms with Crippen molar-refractivity contribution in [3.8, 4) is 0 Å². The fraction of sp³-hybridized carbons (Fsp3) is 0.538. The van der Waals surface area contributed by atoms with Gasteiger partial charge in [-0.05, 0) is 11.8 Å². The summed E-state index contributed by atoms with van der Waals surface area (Å²) in [4.78, 5) is -1.20. The fourth-order valence-electron chi connectivity index (χ4n) is 1.93. The van der Waals surface area contributed by atoms with Crippen LogP contribution in [-0.4, -0.2) is 21.0 Å². The Morgan fingerprint density at radius 2 is 1.67 bits per heavy atom. The molecule has 0 spiro atoms. The number of sulfonamides is 1. The second-order valence-corrected chi connectivity index (χ2v) is 7.78. The van der Waals surface area contributed by atoms with Crippen molar-refractivity contribution in [2.24, 2.45) is 11.1 Å². The van der Waals surface area contributed by atoms with Gasteiger partial charge in [-0.25, -0.2) is 26.3 Å². The molecule has 120 valence electrons. The second-order valence-electron chi connectivity index (χ2n) is 6.08. The van der Waals surface area contributed by atoms with Gasteiger partial charge in [-0.1, -0.05) is 20.8 Å². The van der Waals surface area contributed by atoms with Crippen molar-refractivity contribution in [2.45, 2.75) is 38.1 Å². The summed E-state index contributed by atoms with van der Waals surface area (Å²) >= 11 is 0. The first-order valence-corrected chi connectivity index (χ1v) is 7.80. The number of benzene rings is 1. The molecule has 1 atom stereocenters. The first kappa shape index (κ1) is 17.9. The molecule has 0 saturated carbocycles. The molecule has 0 radical (unpaired) electrons. The van der Waals surface area contributed by atoms with Gasteiger partial charge in [-0.3, -0.25) is 0 Å². The van der Waals surface area contributed by atoms with E-state index in [1.54, 1.807) is 0 Å². The normalized spacial score (nSPS) is 14.2. The lowest BCUT2D eigenvalue weighted by molar-refractivity contribution is 0.338. The monoisotopic (exact) mass is 324 g/mol. The minimum atomic E-state index is -4.44. The Morgan fingerprint density at radius 3 is 2.10 bits per heavy atom. The van der Waals surface area contributed by atoms with E-state index in [1.807, 2.05) is 25.5 Å². The van der Waals surface area contributed by atoms with Gasteiger partial charge in [0, 0.05) is 24.7 Å². The molecule has 0 aliphatic heterocycles. The molecular formula is C13H19F3N2O2S. The van der Waals surface area contributed by atoms with Gasteiger partial charge in [0.25, 0.3) is 0 Å². The van der Waals surface area contributed by atoms with Crippen LogP contribution < -0.4 is 10.5 Å². The summed E-state index contributed by atoms with van der Waals surface area (Å²) in [6.07, 6.45) is 0.518. The lowest BCUT2D eigenvalue weighted by atomic mass is 9.88. The quantitative estimate of drug-likeness (QED) is 0.872. The average Bonchev–Trinajstić information content (AvgIpc) is 2.22. The number of halogens is 3. The van der Waals surface area contributed by atoms with E-state index >= 15 is 0 Å². The van der Waals surface area contributed by atoms with Crippen molar-refractivity contribution in [1.82, 2.24) is 4.72 Å². The van der Waals surface area contributed by atoms with Gasteiger partial charge in [0.05, 0.1) is 0 Å². The second kappa shape index (κ2) is 6.33. The van der Waals surface area contributed by atoms with Gasteiger partial charge in [0.1, 0.15) is 17.5 Å². The van der Waals surface area contributed by atoms with E-state index < -0.39 is 38.4 Å². The molecule has 0 amide bonds. The highest BCUT2D eigenvalue weighted by Gasteiger charge is 2.26. The van der Waals surface area contributed by atoms with E-state index in [0.717, 1.165) is 0 Å². The number of rotatable bonds is 5. The molecule has 8 heteroatoms. The molecule has 0 aliphatic carbocycles. The zero-order valence-corrected chi connectivity index (χ0v) is 12.9. The van der Waals surface area contributed by atoms with Crippen molar-refractivity contribution in [3.63, 3.8) is 0 Å². The highest BCUT2D eigenvalue weighted by Crippen LogP contribution is 2.21. The lowest BCUT2D eigenvalue weighted by Crippen LogP contribution is -2.39. The molecule has 0 saturated heterocycles. The highest BCUT2D eigenvalue weighted by atomic mass is 32.2. The molecule has 21 heavy (non-hydrogen) atoms. The van der Waals surface area contributed by atoms with Crippen LogP contribution in [0.2, 0.25) is 0 Å². The van der Waals surface area contributed by atoms with Gasteiger partial charge < -0.3 is 5.73 Å². The maximum Gasteiger partial charge on any atom is 0.246 e. The average molecular weight is 324 g/mol. The summed E-state index contributed by atoms with van der Waals surface area (Å²) in [7, 11) is -4.44. The van der Waals surface area contributed by atoms with E-state index in [0.29, 0.717) is 18.6 Å². The maximum atomic E-state index is 13.5. The molecule has 4 nitrogen and oxygen atoms in total. The van der Waals surface area contributed by atoms with Crippen molar-refractivity contribution in [3.05, 3.63) is 29.6 Å². The van der Waals surface area contributed by atoms with Crippen LogP contribution in [0.3, 0.4) is 0 Å². The van der Waals surface area contributed by atoms with Crippen molar-refractivity contribution < 1.29 is 21.6 Å². The van der Waals surface area contributed by atoms with E-state index in [1.165, 1.54) is 0 Å². The van der Waals surface area contributed by atoms with Crippen molar-refractivity contribution >= 4 is 10.0 Å². The van der Waals surface area contributed by atoms with Crippen LogP contribution in [0.15, 0.2) is 17.0 Å². The first-order chi connectivity index (χ1) is 9.42. The Balaban J connectivity index is 2.89. The Kier molecular flexibility index (Phi) is 5.40. The van der Waals surface area contributed by atoms with E-state index in [-0.39, 0.29) is 12.0 Å². The summed E-state index contributed by atoms with van der Waals surface area (Å²) < 4.78 is 65.5. The Morgan fingerprint density at radius 1 is 1.19 bits per heavy atom. The van der Waals surface area contributed by atoms with Gasteiger partial charge in [-0.2, -0.15) is 0 Å². The standard InChI is InChI=1S/C13H19F3N2O2S/c1-13(2,3)6-9(17)7-18-21(19,20)12-10(15)4-8(14)5-11(12)16/h4-5,9,18H,6-7,17H2,1-3H3. The fourth-order valence-corrected chi connectivity index (χ4v) is 3.14. The van der Waals surface area contributed by atoms with Gasteiger partial charge in [0.2, 0.25) is 10.0 Å². The molecule has 1 aromatic rings. The summed E-state index contributed by atoms with van der Waals surface area (Å²) in [6, 6.07) is 0.116. The molecule has 1 aromatic carbocycles. The first-order valence-electron chi connectivity index (χ1n) is 6.32.